The number of hydrogen-bond donors (Lipinski definition) is 2. The van der Waals surface area contributed by atoms with E-state index in [2.05, 4.69) is 24.5 Å². The molecule has 0 aromatic heterocycles. The molecule has 2 heterocycles. The van der Waals surface area contributed by atoms with Gasteiger partial charge in [-0.15, -0.1) is 0 Å². The molecule has 9 nitrogen and oxygen atoms in total. The Morgan fingerprint density at radius 2 is 2.09 bits per heavy atom. The first-order chi connectivity index (χ1) is 16.4. The number of amides is 1. The molecule has 2 N–H and O–H groups in total. The summed E-state index contributed by atoms with van der Waals surface area (Å²) in [6, 6.07) is 3.99. The van der Waals surface area contributed by atoms with Crippen LogP contribution in [-0.2, 0) is 26.2 Å². The zero-order valence-corrected chi connectivity index (χ0v) is 21.3. The number of methoxy groups -OCH3 is 1. The van der Waals surface area contributed by atoms with Crippen LogP contribution in [0.1, 0.15) is 51.2 Å². The quantitative estimate of drug-likeness (QED) is 0.360. The lowest BCUT2D eigenvalue weighted by molar-refractivity contribution is -0.938. The van der Waals surface area contributed by atoms with Crippen molar-refractivity contribution in [3.8, 4) is 11.5 Å². The molecule has 0 saturated heterocycles. The topological polar surface area (TPSA) is 103 Å². The number of hydrogen-bond acceptors (Lipinski definition) is 7. The molecule has 1 aromatic rings. The first kappa shape index (κ1) is 25.3. The number of carbonyl (C=O) groups excluding carboxylic acids is 2. The largest absolute Gasteiger partial charge is 0.493 e. The van der Waals surface area contributed by atoms with Crippen molar-refractivity contribution in [3.05, 3.63) is 35.4 Å². The molecule has 0 radical (unpaired) electrons. The molecule has 2 aliphatic heterocycles. The number of aliphatic hydroxyl groups is 1. The van der Waals surface area contributed by atoms with Gasteiger partial charge < -0.3 is 29.4 Å². The van der Waals surface area contributed by atoms with E-state index in [0.717, 1.165) is 29.8 Å². The van der Waals surface area contributed by atoms with Gasteiger partial charge in [-0.3, -0.25) is 9.28 Å². The van der Waals surface area contributed by atoms with Gasteiger partial charge in [0.1, 0.15) is 18.2 Å². The number of esters is 1. The molecule has 3 aliphatic rings. The Labute approximate surface area is 206 Å². The second-order valence-corrected chi connectivity index (χ2v) is 11.0. The molecule has 192 valence electrons. The van der Waals surface area contributed by atoms with Gasteiger partial charge in [0.05, 0.1) is 38.6 Å². The standard InChI is InChI=1S/C26H36N2O7/c1-25(2,3)35-24(31)27-12-9-21(30)33-16-28(4)13-11-26-10-8-18(29)14-20(26)34-23-19(32-5)7-6-17(15-28)22(23)26/h6-8,10,18,20,29H,9,11-16H2,1-5H3/p+1. The van der Waals surface area contributed by atoms with E-state index in [1.54, 1.807) is 27.9 Å². The number of quaternary nitrogens is 1. The first-order valence-electron chi connectivity index (χ1n) is 12.2. The molecule has 0 saturated carbocycles. The lowest BCUT2D eigenvalue weighted by atomic mass is 9.69. The number of alkyl carbamates (subject to hydrolysis) is 1. The van der Waals surface area contributed by atoms with E-state index in [1.165, 1.54) is 0 Å². The molecule has 4 unspecified atom stereocenters. The zero-order valence-electron chi connectivity index (χ0n) is 21.3. The molecule has 4 atom stereocenters. The van der Waals surface area contributed by atoms with Crippen LogP contribution in [0.5, 0.6) is 11.5 Å². The Hall–Kier alpha value is -2.78. The zero-order chi connectivity index (χ0) is 25.4. The summed E-state index contributed by atoms with van der Waals surface area (Å²) in [6.07, 6.45) is 4.10. The minimum absolute atomic E-state index is 0.0671. The van der Waals surface area contributed by atoms with Gasteiger partial charge in [0, 0.05) is 30.5 Å². The van der Waals surface area contributed by atoms with Gasteiger partial charge >= 0.3 is 12.1 Å². The molecule has 4 rings (SSSR count). The molecule has 1 aliphatic carbocycles. The van der Waals surface area contributed by atoms with Gasteiger partial charge in [-0.2, -0.15) is 0 Å². The number of carbonyl (C=O) groups is 2. The van der Waals surface area contributed by atoms with Crippen LogP contribution in [0, 0.1) is 0 Å². The molecule has 9 heteroatoms. The van der Waals surface area contributed by atoms with Gasteiger partial charge in [-0.25, -0.2) is 4.79 Å². The fraction of sp³-hybridized carbons (Fsp3) is 0.615. The second-order valence-electron chi connectivity index (χ2n) is 11.0. The Balaban J connectivity index is 1.43. The number of nitrogens with zero attached hydrogens (tertiary/aromatic N) is 1. The average Bonchev–Trinajstić information content (AvgIpc) is 3.04. The molecule has 1 spiro atoms. The monoisotopic (exact) mass is 489 g/mol. The van der Waals surface area contributed by atoms with Crippen molar-refractivity contribution in [2.45, 2.75) is 69.8 Å². The molecule has 0 bridgehead atoms. The summed E-state index contributed by atoms with van der Waals surface area (Å²) in [6.45, 7) is 7.16. The van der Waals surface area contributed by atoms with Crippen molar-refractivity contribution in [1.82, 2.24) is 5.32 Å². The number of nitrogens with one attached hydrogen (secondary N) is 1. The van der Waals surface area contributed by atoms with Crippen molar-refractivity contribution < 1.29 is 38.1 Å². The van der Waals surface area contributed by atoms with Crippen LogP contribution in [0.3, 0.4) is 0 Å². The van der Waals surface area contributed by atoms with Crippen LogP contribution in [0.4, 0.5) is 4.79 Å². The van der Waals surface area contributed by atoms with E-state index in [1.807, 2.05) is 12.1 Å². The van der Waals surface area contributed by atoms with Crippen molar-refractivity contribution in [2.24, 2.45) is 0 Å². The van der Waals surface area contributed by atoms with Gasteiger partial charge in [0.2, 0.25) is 6.73 Å². The van der Waals surface area contributed by atoms with E-state index >= 15 is 0 Å². The molecular formula is C26H37N2O7+. The predicted octanol–water partition coefficient (Wildman–Crippen LogP) is 2.78. The lowest BCUT2D eigenvalue weighted by Gasteiger charge is -2.37. The fourth-order valence-corrected chi connectivity index (χ4v) is 5.27. The third-order valence-corrected chi connectivity index (χ3v) is 6.95. The average molecular weight is 490 g/mol. The second kappa shape index (κ2) is 9.35. The van der Waals surface area contributed by atoms with Crippen molar-refractivity contribution in [2.75, 3.05) is 34.0 Å². The Bertz CT molecular complexity index is 1020. The summed E-state index contributed by atoms with van der Waals surface area (Å²) >= 11 is 0. The minimum Gasteiger partial charge on any atom is -0.493 e. The van der Waals surface area contributed by atoms with E-state index in [0.29, 0.717) is 23.2 Å². The van der Waals surface area contributed by atoms with Crippen LogP contribution in [0.2, 0.25) is 0 Å². The number of benzene rings is 1. The summed E-state index contributed by atoms with van der Waals surface area (Å²) in [4.78, 5) is 24.2. The lowest BCUT2D eigenvalue weighted by Crippen LogP contribution is -2.48. The highest BCUT2D eigenvalue weighted by atomic mass is 16.6. The van der Waals surface area contributed by atoms with Gasteiger partial charge in [-0.1, -0.05) is 12.2 Å². The summed E-state index contributed by atoms with van der Waals surface area (Å²) in [7, 11) is 3.71. The Morgan fingerprint density at radius 1 is 1.31 bits per heavy atom. The molecule has 1 amide bonds. The van der Waals surface area contributed by atoms with Crippen molar-refractivity contribution in [1.29, 1.82) is 0 Å². The molecular weight excluding hydrogens is 452 g/mol. The highest BCUT2D eigenvalue weighted by Gasteiger charge is 2.54. The van der Waals surface area contributed by atoms with Crippen LogP contribution in [-0.4, -0.2) is 73.4 Å². The molecule has 0 fully saturated rings. The maximum Gasteiger partial charge on any atom is 0.407 e. The summed E-state index contributed by atoms with van der Waals surface area (Å²) in [5.41, 5.74) is 1.33. The number of ether oxygens (including phenoxy) is 4. The van der Waals surface area contributed by atoms with E-state index in [4.69, 9.17) is 18.9 Å². The third-order valence-electron chi connectivity index (χ3n) is 6.95. The highest BCUT2D eigenvalue weighted by Crippen LogP contribution is 2.56. The fourth-order valence-electron chi connectivity index (χ4n) is 5.27. The smallest absolute Gasteiger partial charge is 0.407 e. The summed E-state index contributed by atoms with van der Waals surface area (Å²) < 4.78 is 23.3. The maximum absolute atomic E-state index is 12.4. The van der Waals surface area contributed by atoms with Gasteiger partial charge in [-0.05, 0) is 32.9 Å². The first-order valence-corrected chi connectivity index (χ1v) is 12.2. The molecule has 35 heavy (non-hydrogen) atoms. The SMILES string of the molecule is COc1ccc2c3c1OC1CC(O)C=CC31CC[N+](C)(COC(=O)CCNC(=O)OC(C)(C)C)C2. The third kappa shape index (κ3) is 5.26. The Kier molecular flexibility index (Phi) is 6.76. The van der Waals surface area contributed by atoms with Crippen LogP contribution >= 0.6 is 0 Å². The van der Waals surface area contributed by atoms with Crippen molar-refractivity contribution in [3.63, 3.8) is 0 Å². The minimum atomic E-state index is -0.591. The number of aliphatic hydroxyl groups excluding tert-OH is 1. The van der Waals surface area contributed by atoms with Crippen LogP contribution in [0.15, 0.2) is 24.3 Å². The summed E-state index contributed by atoms with van der Waals surface area (Å²) in [5, 5.41) is 12.8. The molecule has 1 aromatic carbocycles. The maximum atomic E-state index is 12.4. The highest BCUT2D eigenvalue weighted by molar-refractivity contribution is 5.72. The summed E-state index contributed by atoms with van der Waals surface area (Å²) in [5.74, 6) is 1.08. The van der Waals surface area contributed by atoms with E-state index < -0.39 is 17.8 Å². The van der Waals surface area contributed by atoms with Crippen LogP contribution < -0.4 is 14.8 Å². The Morgan fingerprint density at radius 3 is 2.80 bits per heavy atom. The van der Waals surface area contributed by atoms with E-state index in [-0.39, 0.29) is 37.2 Å². The van der Waals surface area contributed by atoms with E-state index in [9.17, 15) is 14.7 Å². The number of rotatable bonds is 6. The van der Waals surface area contributed by atoms with Crippen molar-refractivity contribution >= 4 is 12.1 Å². The van der Waals surface area contributed by atoms with Gasteiger partial charge in [0.25, 0.3) is 0 Å². The normalized spacial score (nSPS) is 28.7. The predicted molar refractivity (Wildman–Crippen MR) is 128 cm³/mol. The van der Waals surface area contributed by atoms with Crippen LogP contribution in [0.25, 0.3) is 0 Å². The van der Waals surface area contributed by atoms with Gasteiger partial charge in [0.15, 0.2) is 11.5 Å².